The topological polar surface area (TPSA) is 35.5 Å². The predicted octanol–water partition coefficient (Wildman–Crippen LogP) is 7.80. The highest BCUT2D eigenvalue weighted by molar-refractivity contribution is 6.69. The van der Waals surface area contributed by atoms with Crippen LogP contribution in [0.1, 0.15) is 90.8 Å². The minimum Gasteiger partial charge on any atom is -0.459 e. The van der Waals surface area contributed by atoms with Gasteiger partial charge in [-0.3, -0.25) is 4.79 Å². The van der Waals surface area contributed by atoms with Crippen LogP contribution < -0.4 is 0 Å². The monoisotopic (exact) mass is 449 g/mol. The Balaban J connectivity index is 4.23. The summed E-state index contributed by atoms with van der Waals surface area (Å²) in [6, 6.07) is 0. The van der Waals surface area contributed by atoms with Gasteiger partial charge in [0.05, 0.1) is 16.5 Å². The molecular formula is C24H45ClO3Si. The van der Waals surface area contributed by atoms with Gasteiger partial charge in [-0.15, -0.1) is 11.6 Å². The molecule has 0 aliphatic rings. The van der Waals surface area contributed by atoms with Crippen LogP contribution in [-0.2, 0) is 14.0 Å². The molecule has 1 atom stereocenters. The van der Waals surface area contributed by atoms with E-state index in [0.717, 1.165) is 44.9 Å². The molecule has 1 unspecified atom stereocenters. The number of allylic oxidation sites excluding steroid dienone is 4. The van der Waals surface area contributed by atoms with Crippen LogP contribution in [-0.4, -0.2) is 32.8 Å². The van der Waals surface area contributed by atoms with E-state index in [1.54, 1.807) is 19.6 Å². The summed E-state index contributed by atoms with van der Waals surface area (Å²) in [4.78, 5) is 12.3. The second-order valence-corrected chi connectivity index (χ2v) is 12.8. The number of ether oxygens (including phenoxy) is 1. The lowest BCUT2D eigenvalue weighted by atomic mass is 10.1. The maximum atomic E-state index is 12.3. The largest absolute Gasteiger partial charge is 0.459 e. The molecule has 0 saturated heterocycles. The fraction of sp³-hybridized carbons (Fsp3) is 0.792. The number of carbonyl (C=O) groups is 1. The van der Waals surface area contributed by atoms with Crippen molar-refractivity contribution in [1.29, 1.82) is 0 Å². The molecule has 0 aliphatic carbocycles. The van der Waals surface area contributed by atoms with Crippen molar-refractivity contribution in [2.24, 2.45) is 0 Å². The first-order valence-corrected chi connectivity index (χ1v) is 14.9. The van der Waals surface area contributed by atoms with Gasteiger partial charge in [-0.1, -0.05) is 63.3 Å². The van der Waals surface area contributed by atoms with Crippen LogP contribution in [0.4, 0.5) is 0 Å². The number of rotatable bonds is 19. The number of unbranched alkanes of at least 4 members (excludes halogenated alkanes) is 8. The number of carbonyl (C=O) groups excluding carboxylic acids is 1. The molecule has 3 nitrogen and oxygen atoms in total. The van der Waals surface area contributed by atoms with Crippen molar-refractivity contribution in [3.8, 4) is 0 Å². The SMILES string of the molecule is [2H]C([2H])(Cl)C([2H])(OC(=O)CCCCCCC/C=C\C/C=C\CCCCC)C([2H])([2H])O[Si](C)(C)C. The lowest BCUT2D eigenvalue weighted by Crippen LogP contribution is -2.33. The van der Waals surface area contributed by atoms with Crippen molar-refractivity contribution in [3.05, 3.63) is 24.3 Å². The summed E-state index contributed by atoms with van der Waals surface area (Å²) in [7, 11) is -2.52. The molecule has 0 aromatic heterocycles. The molecule has 0 bridgehead atoms. The molecule has 0 rings (SSSR count). The van der Waals surface area contributed by atoms with E-state index in [-0.39, 0.29) is 6.42 Å². The molecule has 29 heavy (non-hydrogen) atoms. The molecule has 0 heterocycles. The van der Waals surface area contributed by atoms with E-state index in [2.05, 4.69) is 31.2 Å². The maximum Gasteiger partial charge on any atom is 0.306 e. The van der Waals surface area contributed by atoms with Gasteiger partial charge in [-0.25, -0.2) is 0 Å². The smallest absolute Gasteiger partial charge is 0.306 e. The van der Waals surface area contributed by atoms with E-state index in [4.69, 9.17) is 27.6 Å². The van der Waals surface area contributed by atoms with Gasteiger partial charge in [-0.2, -0.15) is 0 Å². The van der Waals surface area contributed by atoms with Gasteiger partial charge in [0.15, 0.2) is 8.32 Å². The summed E-state index contributed by atoms with van der Waals surface area (Å²) >= 11 is 5.65. The fourth-order valence-corrected chi connectivity index (χ4v) is 2.98. The maximum absolute atomic E-state index is 12.3. The molecule has 0 aromatic rings. The molecule has 0 aromatic carbocycles. The van der Waals surface area contributed by atoms with Crippen LogP contribution in [0.3, 0.4) is 0 Å². The molecule has 170 valence electrons. The third-order valence-corrected chi connectivity index (χ3v) is 4.97. The molecule has 0 amide bonds. The zero-order valence-electron chi connectivity index (χ0n) is 23.9. The Labute approximate surface area is 193 Å². The molecule has 0 N–H and O–H groups in total. The van der Waals surface area contributed by atoms with Crippen LogP contribution in [0.25, 0.3) is 0 Å². The Morgan fingerprint density at radius 2 is 1.59 bits per heavy atom. The van der Waals surface area contributed by atoms with Crippen molar-refractivity contribution < 1.29 is 20.8 Å². The van der Waals surface area contributed by atoms with E-state index in [9.17, 15) is 4.79 Å². The van der Waals surface area contributed by atoms with Crippen LogP contribution in [0.5, 0.6) is 0 Å². The summed E-state index contributed by atoms with van der Waals surface area (Å²) in [6.07, 6.45) is 17.2. The highest BCUT2D eigenvalue weighted by Crippen LogP contribution is 2.11. The minimum absolute atomic E-state index is 0.0267. The number of esters is 1. The van der Waals surface area contributed by atoms with Crippen LogP contribution in [0.15, 0.2) is 24.3 Å². The average Bonchev–Trinajstić information content (AvgIpc) is 2.68. The summed E-state index contributed by atoms with van der Waals surface area (Å²) in [5.41, 5.74) is 0. The van der Waals surface area contributed by atoms with Gasteiger partial charge >= 0.3 is 5.97 Å². The second-order valence-electron chi connectivity index (χ2n) is 8.19. The van der Waals surface area contributed by atoms with Gasteiger partial charge in [0.1, 0.15) is 6.08 Å². The van der Waals surface area contributed by atoms with Gasteiger partial charge in [-0.05, 0) is 58.2 Å². The number of halogens is 1. The lowest BCUT2D eigenvalue weighted by molar-refractivity contribution is -0.149. The molecule has 0 aliphatic heterocycles. The highest BCUT2D eigenvalue weighted by atomic mass is 35.5. The molecule has 0 spiro atoms. The van der Waals surface area contributed by atoms with E-state index >= 15 is 0 Å². The molecule has 0 saturated carbocycles. The van der Waals surface area contributed by atoms with E-state index < -0.39 is 32.8 Å². The summed E-state index contributed by atoms with van der Waals surface area (Å²) in [5.74, 6) is -3.82. The Kier molecular flexibility index (Phi) is 13.6. The zero-order chi connectivity index (χ0) is 26.3. The van der Waals surface area contributed by atoms with Gasteiger partial charge in [0.2, 0.25) is 0 Å². The third kappa shape index (κ3) is 21.9. The molecule has 5 heteroatoms. The first-order valence-electron chi connectivity index (χ1n) is 13.6. The van der Waals surface area contributed by atoms with Crippen LogP contribution in [0.2, 0.25) is 19.6 Å². The average molecular weight is 450 g/mol. The minimum atomic E-state index is -3.02. The third-order valence-electron chi connectivity index (χ3n) is 4.08. The quantitative estimate of drug-likeness (QED) is 0.0662. The second kappa shape index (κ2) is 19.4. The van der Waals surface area contributed by atoms with E-state index in [1.807, 2.05) is 0 Å². The van der Waals surface area contributed by atoms with Gasteiger partial charge in [0, 0.05) is 9.16 Å². The summed E-state index contributed by atoms with van der Waals surface area (Å²) < 4.78 is 50.0. The summed E-state index contributed by atoms with van der Waals surface area (Å²) in [5, 5.41) is 0. The Morgan fingerprint density at radius 1 is 1.00 bits per heavy atom. The number of hydrogen-bond acceptors (Lipinski definition) is 3. The first kappa shape index (κ1) is 20.3. The van der Waals surface area contributed by atoms with Crippen LogP contribution in [0, 0.1) is 0 Å². The normalized spacial score (nSPS) is 18.0. The fourth-order valence-electron chi connectivity index (χ4n) is 2.50. The first-order chi connectivity index (χ1) is 15.7. The molecule has 0 fully saturated rings. The molecule has 0 radical (unpaired) electrons. The molecular weight excluding hydrogens is 400 g/mol. The van der Waals surface area contributed by atoms with E-state index in [0.29, 0.717) is 6.42 Å². The van der Waals surface area contributed by atoms with Crippen LogP contribution >= 0.6 is 11.6 Å². The van der Waals surface area contributed by atoms with Crippen molar-refractivity contribution in [3.63, 3.8) is 0 Å². The Bertz CT molecular complexity index is 633. The van der Waals surface area contributed by atoms with Crippen molar-refractivity contribution in [1.82, 2.24) is 0 Å². The number of hydrogen-bond donors (Lipinski definition) is 0. The van der Waals surface area contributed by atoms with E-state index in [1.165, 1.54) is 19.3 Å². The van der Waals surface area contributed by atoms with Gasteiger partial charge in [0.25, 0.3) is 0 Å². The van der Waals surface area contributed by atoms with Gasteiger partial charge < -0.3 is 9.16 Å². The lowest BCUT2D eigenvalue weighted by Gasteiger charge is -2.22. The van der Waals surface area contributed by atoms with Crippen molar-refractivity contribution >= 4 is 25.9 Å². The standard InChI is InChI=1S/C24H45ClO3Si/c1-5-6-7-8-9-10-11-12-13-14-15-16-17-18-19-20-24(26)28-23(21-25)22-27-29(2,3)4/h9-10,12-13,23H,5-8,11,14-22H2,1-4H3/b10-9-,13-12-/i21D2,22D2,23D. The highest BCUT2D eigenvalue weighted by Gasteiger charge is 2.19. The zero-order valence-corrected chi connectivity index (χ0v) is 20.7. The predicted molar refractivity (Wildman–Crippen MR) is 129 cm³/mol. The van der Waals surface area contributed by atoms with Crippen molar-refractivity contribution in [2.75, 3.05) is 12.4 Å². The number of alkyl halides is 1. The Morgan fingerprint density at radius 3 is 2.17 bits per heavy atom. The van der Waals surface area contributed by atoms with Crippen molar-refractivity contribution in [2.45, 2.75) is 110 Å². The Hall–Kier alpha value is -0.583. The summed E-state index contributed by atoms with van der Waals surface area (Å²) in [6.45, 7) is 4.40.